The number of hydrogen-bond acceptors (Lipinski definition) is 4. The van der Waals surface area contributed by atoms with E-state index in [-0.39, 0.29) is 0 Å². The molecule has 7 heteroatoms. The van der Waals surface area contributed by atoms with Crippen molar-refractivity contribution in [2.45, 2.75) is 25.6 Å². The molecule has 2 atom stereocenters. The minimum absolute atomic E-state index is 0.328. The predicted octanol–water partition coefficient (Wildman–Crippen LogP) is 0.425. The van der Waals surface area contributed by atoms with Gasteiger partial charge in [-0.1, -0.05) is 18.2 Å². The third kappa shape index (κ3) is 3.63. The fourth-order valence-electron chi connectivity index (χ4n) is 2.11. The average molecular weight is 294 g/mol. The van der Waals surface area contributed by atoms with Crippen molar-refractivity contribution >= 4 is 12.0 Å². The Morgan fingerprint density at radius 1 is 1.38 bits per heavy atom. The van der Waals surface area contributed by atoms with E-state index >= 15 is 0 Å². The number of benzene rings is 1. The quantitative estimate of drug-likeness (QED) is 0.750. The average Bonchev–Trinajstić information content (AvgIpc) is 2.65. The Labute approximate surface area is 122 Å². The number of nitrogens with zero attached hydrogens (tertiary/aromatic N) is 1. The lowest BCUT2D eigenvalue weighted by atomic mass is 10.2. The van der Waals surface area contributed by atoms with Crippen molar-refractivity contribution in [2.24, 2.45) is 0 Å². The Balaban J connectivity index is 2.08. The van der Waals surface area contributed by atoms with Crippen LogP contribution in [0.2, 0.25) is 0 Å². The number of aliphatic carboxylic acids is 1. The third-order valence-electron chi connectivity index (χ3n) is 3.27. The number of ether oxygens (including phenoxy) is 1. The van der Waals surface area contributed by atoms with Crippen molar-refractivity contribution < 1.29 is 24.5 Å². The fraction of sp³-hybridized carbons (Fsp3) is 0.429. The molecule has 2 amide bonds. The molecule has 0 fully saturated rings. The Kier molecular flexibility index (Phi) is 4.64. The summed E-state index contributed by atoms with van der Waals surface area (Å²) in [5.41, 5.74) is 0.856. The van der Waals surface area contributed by atoms with E-state index in [1.165, 1.54) is 11.8 Å². The zero-order valence-electron chi connectivity index (χ0n) is 11.7. The van der Waals surface area contributed by atoms with E-state index in [0.29, 0.717) is 19.7 Å². The van der Waals surface area contributed by atoms with Crippen LogP contribution >= 0.6 is 0 Å². The molecule has 2 rings (SSSR count). The summed E-state index contributed by atoms with van der Waals surface area (Å²) in [6.07, 6.45) is -1.18. The van der Waals surface area contributed by atoms with Crippen molar-refractivity contribution in [3.63, 3.8) is 0 Å². The van der Waals surface area contributed by atoms with Gasteiger partial charge in [0.2, 0.25) is 0 Å². The number of rotatable bonds is 3. The molecule has 0 aromatic heterocycles. The van der Waals surface area contributed by atoms with Gasteiger partial charge < -0.3 is 25.2 Å². The summed E-state index contributed by atoms with van der Waals surface area (Å²) in [6.45, 7) is 2.32. The van der Waals surface area contributed by atoms with Crippen molar-refractivity contribution in [1.29, 1.82) is 0 Å². The van der Waals surface area contributed by atoms with E-state index in [2.05, 4.69) is 5.32 Å². The molecule has 7 nitrogen and oxygen atoms in total. The minimum atomic E-state index is -1.34. The first-order valence-corrected chi connectivity index (χ1v) is 6.66. The first-order valence-electron chi connectivity index (χ1n) is 6.66. The number of aliphatic hydroxyl groups is 1. The molecule has 3 N–H and O–H groups in total. The van der Waals surface area contributed by atoms with Crippen LogP contribution in [0.4, 0.5) is 4.79 Å². The maximum Gasteiger partial charge on any atom is 0.328 e. The molecule has 1 heterocycles. The van der Waals surface area contributed by atoms with Gasteiger partial charge in [-0.2, -0.15) is 0 Å². The summed E-state index contributed by atoms with van der Waals surface area (Å²) in [6, 6.07) is 5.50. The highest BCUT2D eigenvalue weighted by Crippen LogP contribution is 2.22. The maximum atomic E-state index is 12.2. The Morgan fingerprint density at radius 2 is 2.10 bits per heavy atom. The number of para-hydroxylation sites is 1. The zero-order valence-corrected chi connectivity index (χ0v) is 11.7. The monoisotopic (exact) mass is 294 g/mol. The normalized spacial score (nSPS) is 17.0. The second-order valence-electron chi connectivity index (χ2n) is 4.88. The smallest absolute Gasteiger partial charge is 0.328 e. The summed E-state index contributed by atoms with van der Waals surface area (Å²) in [7, 11) is 0. The molecule has 1 aromatic carbocycles. The maximum absolute atomic E-state index is 12.2. The molecule has 0 radical (unpaired) electrons. The number of carbonyl (C=O) groups excluding carboxylic acids is 1. The molecule has 1 aromatic rings. The lowest BCUT2D eigenvalue weighted by molar-refractivity contribution is -0.141. The molecule has 1 aliphatic heterocycles. The SMILES string of the molecule is CC(O)C(NC(=O)N1CCOc2ccccc2C1)C(=O)O. The molecule has 0 spiro atoms. The molecule has 0 bridgehead atoms. The first-order chi connectivity index (χ1) is 9.99. The van der Waals surface area contributed by atoms with Crippen LogP contribution in [0, 0.1) is 0 Å². The van der Waals surface area contributed by atoms with Crippen molar-refractivity contribution in [1.82, 2.24) is 10.2 Å². The molecular formula is C14H18N2O5. The number of amides is 2. The van der Waals surface area contributed by atoms with Crippen LogP contribution in [0.15, 0.2) is 24.3 Å². The summed E-state index contributed by atoms with van der Waals surface area (Å²) in [5, 5.41) is 20.7. The standard InChI is InChI=1S/C14H18N2O5/c1-9(17)12(13(18)19)15-14(20)16-6-7-21-11-5-3-2-4-10(11)8-16/h2-5,9,12,17H,6-8H2,1H3,(H,15,20)(H,18,19). The van der Waals surface area contributed by atoms with Crippen molar-refractivity contribution in [3.05, 3.63) is 29.8 Å². The number of carboxylic acids is 1. The molecular weight excluding hydrogens is 276 g/mol. The van der Waals surface area contributed by atoms with Crippen LogP contribution in [0.1, 0.15) is 12.5 Å². The van der Waals surface area contributed by atoms with Gasteiger partial charge in [-0.15, -0.1) is 0 Å². The molecule has 1 aliphatic rings. The largest absolute Gasteiger partial charge is 0.491 e. The number of aliphatic hydroxyl groups excluding tert-OH is 1. The van der Waals surface area contributed by atoms with Gasteiger partial charge in [-0.25, -0.2) is 9.59 Å². The van der Waals surface area contributed by atoms with E-state index in [0.717, 1.165) is 11.3 Å². The Morgan fingerprint density at radius 3 is 2.76 bits per heavy atom. The van der Waals surface area contributed by atoms with Crippen LogP contribution in [-0.4, -0.2) is 52.4 Å². The molecule has 21 heavy (non-hydrogen) atoms. The highest BCUT2D eigenvalue weighted by Gasteiger charge is 2.28. The first kappa shape index (κ1) is 15.1. The number of nitrogens with one attached hydrogen (secondary N) is 1. The summed E-state index contributed by atoms with van der Waals surface area (Å²) < 4.78 is 5.54. The van der Waals surface area contributed by atoms with Gasteiger partial charge in [0.15, 0.2) is 6.04 Å². The lowest BCUT2D eigenvalue weighted by Crippen LogP contribution is -2.52. The van der Waals surface area contributed by atoms with Gasteiger partial charge in [0.1, 0.15) is 12.4 Å². The number of carbonyl (C=O) groups is 2. The van der Waals surface area contributed by atoms with Gasteiger partial charge in [0.25, 0.3) is 0 Å². The van der Waals surface area contributed by atoms with Crippen LogP contribution in [0.25, 0.3) is 0 Å². The summed E-state index contributed by atoms with van der Waals surface area (Å²) in [4.78, 5) is 24.6. The second-order valence-corrected chi connectivity index (χ2v) is 4.88. The minimum Gasteiger partial charge on any atom is -0.491 e. The fourth-order valence-corrected chi connectivity index (χ4v) is 2.11. The van der Waals surface area contributed by atoms with E-state index in [9.17, 15) is 14.7 Å². The highest BCUT2D eigenvalue weighted by atomic mass is 16.5. The van der Waals surface area contributed by atoms with E-state index in [1.54, 1.807) is 0 Å². The van der Waals surface area contributed by atoms with E-state index < -0.39 is 24.1 Å². The van der Waals surface area contributed by atoms with Crippen molar-refractivity contribution in [2.75, 3.05) is 13.2 Å². The summed E-state index contributed by atoms with van der Waals surface area (Å²) >= 11 is 0. The topological polar surface area (TPSA) is 99.1 Å². The molecule has 0 aliphatic carbocycles. The Hall–Kier alpha value is -2.28. The number of carboxylic acid groups (broad SMARTS) is 1. The third-order valence-corrected chi connectivity index (χ3v) is 3.27. The molecule has 0 saturated carbocycles. The zero-order chi connectivity index (χ0) is 15.4. The van der Waals surface area contributed by atoms with Crippen LogP contribution in [0.3, 0.4) is 0 Å². The summed E-state index contributed by atoms with van der Waals surface area (Å²) in [5.74, 6) is -0.553. The van der Waals surface area contributed by atoms with Crippen LogP contribution in [-0.2, 0) is 11.3 Å². The van der Waals surface area contributed by atoms with Gasteiger partial charge in [-0.3, -0.25) is 0 Å². The molecule has 114 valence electrons. The van der Waals surface area contributed by atoms with Gasteiger partial charge in [0, 0.05) is 5.56 Å². The predicted molar refractivity (Wildman–Crippen MR) is 74.0 cm³/mol. The Bertz CT molecular complexity index is 532. The van der Waals surface area contributed by atoms with Crippen molar-refractivity contribution in [3.8, 4) is 5.75 Å². The highest BCUT2D eigenvalue weighted by molar-refractivity contribution is 5.83. The van der Waals surface area contributed by atoms with Crippen LogP contribution in [0.5, 0.6) is 5.75 Å². The van der Waals surface area contributed by atoms with E-state index in [1.807, 2.05) is 24.3 Å². The molecule has 2 unspecified atom stereocenters. The van der Waals surface area contributed by atoms with Gasteiger partial charge in [-0.05, 0) is 13.0 Å². The second kappa shape index (κ2) is 6.45. The molecule has 0 saturated heterocycles. The van der Waals surface area contributed by atoms with E-state index in [4.69, 9.17) is 9.84 Å². The number of hydrogen-bond donors (Lipinski definition) is 3. The van der Waals surface area contributed by atoms with Gasteiger partial charge >= 0.3 is 12.0 Å². The number of fused-ring (bicyclic) bond motifs is 1. The lowest BCUT2D eigenvalue weighted by Gasteiger charge is -2.24. The van der Waals surface area contributed by atoms with Crippen LogP contribution < -0.4 is 10.1 Å². The van der Waals surface area contributed by atoms with Gasteiger partial charge in [0.05, 0.1) is 19.2 Å². The number of urea groups is 1.